The van der Waals surface area contributed by atoms with Crippen LogP contribution in [-0.2, 0) is 6.42 Å². The lowest BCUT2D eigenvalue weighted by atomic mass is 10.2. The molecule has 0 spiro atoms. The summed E-state index contributed by atoms with van der Waals surface area (Å²) in [6.07, 6.45) is 0.496. The van der Waals surface area contributed by atoms with E-state index in [2.05, 4.69) is 10.3 Å². The van der Waals surface area contributed by atoms with E-state index in [1.807, 2.05) is 11.4 Å². The summed E-state index contributed by atoms with van der Waals surface area (Å²) < 4.78 is 18.5. The molecule has 1 N–H and O–H groups in total. The molecule has 0 aliphatic rings. The van der Waals surface area contributed by atoms with Crippen molar-refractivity contribution in [2.45, 2.75) is 6.42 Å². The van der Waals surface area contributed by atoms with Crippen LogP contribution in [0.3, 0.4) is 0 Å². The number of fused-ring (bicyclic) bond motifs is 1. The van der Waals surface area contributed by atoms with Crippen LogP contribution in [0.5, 0.6) is 0 Å². The summed E-state index contributed by atoms with van der Waals surface area (Å²) in [5.74, 6) is -0.796. The van der Waals surface area contributed by atoms with E-state index in [0.717, 1.165) is 10.7 Å². The molecule has 4 aromatic rings. The minimum Gasteiger partial charge on any atom is -0.422 e. The number of hydrogen-bond donors (Lipinski definition) is 1. The molecule has 2 aromatic heterocycles. The second kappa shape index (κ2) is 7.74. The van der Waals surface area contributed by atoms with Gasteiger partial charge in [-0.3, -0.25) is 4.79 Å². The van der Waals surface area contributed by atoms with E-state index in [1.165, 1.54) is 29.5 Å². The zero-order valence-electron chi connectivity index (χ0n) is 14.6. The third kappa shape index (κ3) is 3.84. The lowest BCUT2D eigenvalue weighted by Gasteiger charge is -2.04. The van der Waals surface area contributed by atoms with Crippen LogP contribution in [0.4, 0.5) is 4.39 Å². The maximum Gasteiger partial charge on any atom is 0.349 e. The minimum atomic E-state index is -0.668. The van der Waals surface area contributed by atoms with Gasteiger partial charge >= 0.3 is 5.63 Å². The number of amides is 1. The number of thiazole rings is 1. The largest absolute Gasteiger partial charge is 0.422 e. The van der Waals surface area contributed by atoms with Gasteiger partial charge in [0, 0.05) is 29.3 Å². The van der Waals surface area contributed by atoms with Crippen molar-refractivity contribution in [3.8, 4) is 10.6 Å². The van der Waals surface area contributed by atoms with Crippen LogP contribution in [-0.4, -0.2) is 17.4 Å². The highest BCUT2D eigenvalue weighted by molar-refractivity contribution is 7.13. The van der Waals surface area contributed by atoms with E-state index in [4.69, 9.17) is 4.42 Å². The first-order valence-corrected chi connectivity index (χ1v) is 9.49. The van der Waals surface area contributed by atoms with Crippen molar-refractivity contribution >= 4 is 28.2 Å². The van der Waals surface area contributed by atoms with Crippen LogP contribution in [0, 0.1) is 5.82 Å². The normalized spacial score (nSPS) is 10.9. The van der Waals surface area contributed by atoms with Gasteiger partial charge in [-0.05, 0) is 24.3 Å². The first kappa shape index (κ1) is 18.1. The van der Waals surface area contributed by atoms with Crippen LogP contribution >= 0.6 is 11.3 Å². The summed E-state index contributed by atoms with van der Waals surface area (Å²) in [7, 11) is 0. The molecular weight excluding hydrogens is 379 g/mol. The molecule has 0 aliphatic carbocycles. The summed E-state index contributed by atoms with van der Waals surface area (Å²) in [5, 5.41) is 5.99. The predicted octanol–water partition coefficient (Wildman–Crippen LogP) is 4.03. The smallest absolute Gasteiger partial charge is 0.349 e. The fourth-order valence-electron chi connectivity index (χ4n) is 2.80. The van der Waals surface area contributed by atoms with Crippen LogP contribution in [0.1, 0.15) is 16.1 Å². The number of benzene rings is 2. The molecule has 1 amide bonds. The molecule has 2 heterocycles. The van der Waals surface area contributed by atoms with Crippen molar-refractivity contribution in [1.29, 1.82) is 0 Å². The van der Waals surface area contributed by atoms with E-state index < -0.39 is 11.5 Å². The summed E-state index contributed by atoms with van der Waals surface area (Å²) in [6.45, 7) is 0.317. The third-order valence-electron chi connectivity index (χ3n) is 4.18. The fourth-order valence-corrected chi connectivity index (χ4v) is 3.65. The van der Waals surface area contributed by atoms with Gasteiger partial charge < -0.3 is 9.73 Å². The summed E-state index contributed by atoms with van der Waals surface area (Å²) >= 11 is 1.41. The zero-order chi connectivity index (χ0) is 19.5. The quantitative estimate of drug-likeness (QED) is 0.519. The molecule has 0 fully saturated rings. The van der Waals surface area contributed by atoms with E-state index in [9.17, 15) is 14.0 Å². The van der Waals surface area contributed by atoms with Gasteiger partial charge in [-0.2, -0.15) is 0 Å². The molecular formula is C21H15FN2O3S. The number of halogens is 1. The molecule has 0 atom stereocenters. The second-order valence-electron chi connectivity index (χ2n) is 6.15. The average molecular weight is 394 g/mol. The first-order chi connectivity index (χ1) is 13.6. The maximum atomic E-state index is 13.3. The van der Waals surface area contributed by atoms with Gasteiger partial charge in [0.2, 0.25) is 0 Å². The Morgan fingerprint density at radius 3 is 2.86 bits per heavy atom. The lowest BCUT2D eigenvalue weighted by Crippen LogP contribution is -2.29. The van der Waals surface area contributed by atoms with Gasteiger partial charge in [0.25, 0.3) is 5.91 Å². The Balaban J connectivity index is 1.41. The van der Waals surface area contributed by atoms with E-state index in [0.29, 0.717) is 29.5 Å². The molecule has 0 saturated carbocycles. The highest BCUT2D eigenvalue weighted by atomic mass is 32.1. The molecule has 7 heteroatoms. The number of hydrogen-bond acceptors (Lipinski definition) is 5. The molecule has 28 heavy (non-hydrogen) atoms. The van der Waals surface area contributed by atoms with E-state index in [-0.39, 0.29) is 11.4 Å². The van der Waals surface area contributed by atoms with Crippen molar-refractivity contribution in [2.75, 3.05) is 6.54 Å². The minimum absolute atomic E-state index is 0.0302. The molecule has 5 nitrogen and oxygen atoms in total. The summed E-state index contributed by atoms with van der Waals surface area (Å²) in [5.41, 5.74) is 1.25. The standard InChI is InChI=1S/C21H15FN2O3S/c22-15-6-3-5-14(10-15)20-24-16(12-28-20)8-9-23-19(25)17-11-13-4-1-2-7-18(13)27-21(17)26/h1-7,10-12H,8-9H2,(H,23,25). The predicted molar refractivity (Wildman–Crippen MR) is 106 cm³/mol. The van der Waals surface area contributed by atoms with E-state index >= 15 is 0 Å². The van der Waals surface area contributed by atoms with Gasteiger partial charge in [0.05, 0.1) is 5.69 Å². The van der Waals surface area contributed by atoms with Crippen molar-refractivity contribution < 1.29 is 13.6 Å². The van der Waals surface area contributed by atoms with Crippen molar-refractivity contribution in [2.24, 2.45) is 0 Å². The molecule has 0 bridgehead atoms. The lowest BCUT2D eigenvalue weighted by molar-refractivity contribution is 0.0950. The summed E-state index contributed by atoms with van der Waals surface area (Å²) in [4.78, 5) is 28.8. The topological polar surface area (TPSA) is 72.2 Å². The SMILES string of the molecule is O=C(NCCc1csc(-c2cccc(F)c2)n1)c1cc2ccccc2oc1=O. The number of nitrogens with one attached hydrogen (secondary N) is 1. The average Bonchev–Trinajstić information content (AvgIpc) is 3.16. The molecule has 140 valence electrons. The van der Waals surface area contributed by atoms with Crippen molar-refractivity contribution in [3.63, 3.8) is 0 Å². The van der Waals surface area contributed by atoms with E-state index in [1.54, 1.807) is 30.3 Å². The highest BCUT2D eigenvalue weighted by Crippen LogP contribution is 2.24. The monoisotopic (exact) mass is 394 g/mol. The van der Waals surface area contributed by atoms with Gasteiger partial charge in [0.1, 0.15) is 22.0 Å². The number of carbonyl (C=O) groups excluding carboxylic acids is 1. The van der Waals surface area contributed by atoms with Gasteiger partial charge in [0.15, 0.2) is 0 Å². The first-order valence-electron chi connectivity index (χ1n) is 8.61. The maximum absolute atomic E-state index is 13.3. The summed E-state index contributed by atoms with van der Waals surface area (Å²) in [6, 6.07) is 14.8. The Kier molecular flexibility index (Phi) is 4.99. The number of aromatic nitrogens is 1. The van der Waals surface area contributed by atoms with Gasteiger partial charge in [-0.1, -0.05) is 30.3 Å². The second-order valence-corrected chi connectivity index (χ2v) is 7.00. The number of para-hydroxylation sites is 1. The molecule has 0 aliphatic heterocycles. The number of rotatable bonds is 5. The fraction of sp³-hybridized carbons (Fsp3) is 0.0952. The highest BCUT2D eigenvalue weighted by Gasteiger charge is 2.13. The van der Waals surface area contributed by atoms with Crippen LogP contribution < -0.4 is 10.9 Å². The molecule has 2 aromatic carbocycles. The molecule has 0 saturated heterocycles. The van der Waals surface area contributed by atoms with Crippen LogP contribution in [0.25, 0.3) is 21.5 Å². The zero-order valence-corrected chi connectivity index (χ0v) is 15.5. The van der Waals surface area contributed by atoms with Gasteiger partial charge in [-0.15, -0.1) is 11.3 Å². The molecule has 4 rings (SSSR count). The number of nitrogens with zero attached hydrogens (tertiary/aromatic N) is 1. The van der Waals surface area contributed by atoms with Crippen molar-refractivity contribution in [3.05, 3.63) is 87.5 Å². The Hall–Kier alpha value is -3.32. The van der Waals surface area contributed by atoms with Crippen LogP contribution in [0.15, 0.2) is 69.2 Å². The Morgan fingerprint density at radius 1 is 1.14 bits per heavy atom. The van der Waals surface area contributed by atoms with Gasteiger partial charge in [-0.25, -0.2) is 14.2 Å². The third-order valence-corrected chi connectivity index (χ3v) is 5.12. The molecule has 0 radical (unpaired) electrons. The van der Waals surface area contributed by atoms with Crippen LogP contribution in [0.2, 0.25) is 0 Å². The Bertz CT molecular complexity index is 1220. The Labute approximate surface area is 163 Å². The number of carbonyl (C=O) groups is 1. The van der Waals surface area contributed by atoms with Crippen molar-refractivity contribution in [1.82, 2.24) is 10.3 Å². The Morgan fingerprint density at radius 2 is 2.00 bits per heavy atom. The molecule has 0 unspecified atom stereocenters.